The predicted octanol–water partition coefficient (Wildman–Crippen LogP) is 3.35. The highest BCUT2D eigenvalue weighted by Gasteiger charge is 2.20. The van der Waals surface area contributed by atoms with E-state index >= 15 is 0 Å². The Morgan fingerprint density at radius 1 is 1.85 bits per heavy atom. The molecule has 0 spiro atoms. The number of halogens is 2. The zero-order chi connectivity index (χ0) is 9.84. The van der Waals surface area contributed by atoms with Crippen LogP contribution < -0.4 is 0 Å². The van der Waals surface area contributed by atoms with E-state index in [1.54, 1.807) is 6.92 Å². The molecule has 1 unspecified atom stereocenters. The highest BCUT2D eigenvalue weighted by molar-refractivity contribution is 9.10. The Labute approximate surface area is 94.0 Å². The van der Waals surface area contributed by atoms with Crippen molar-refractivity contribution >= 4 is 44.8 Å². The molecule has 0 bridgehead atoms. The van der Waals surface area contributed by atoms with Crippen LogP contribution in [0.1, 0.15) is 17.2 Å². The molecule has 1 atom stereocenters. The summed E-state index contributed by atoms with van der Waals surface area (Å²) >= 11 is 10.6. The molecule has 5 heteroatoms. The number of carbonyl (C=O) groups excluding carboxylic acids is 1. The molecule has 0 aromatic carbocycles. The summed E-state index contributed by atoms with van der Waals surface area (Å²) < 4.78 is 5.72. The zero-order valence-electron chi connectivity index (χ0n) is 6.92. The van der Waals surface area contributed by atoms with Crippen molar-refractivity contribution in [3.05, 3.63) is 20.8 Å². The van der Waals surface area contributed by atoms with Gasteiger partial charge in [-0.1, -0.05) is 0 Å². The van der Waals surface area contributed by atoms with Crippen LogP contribution in [0.5, 0.6) is 0 Å². The van der Waals surface area contributed by atoms with Crippen LogP contribution in [-0.4, -0.2) is 12.6 Å². The molecular weight excluding hydrogens is 276 g/mol. The van der Waals surface area contributed by atoms with Crippen LogP contribution in [0.15, 0.2) is 15.9 Å². The minimum absolute atomic E-state index is 0.356. The standard InChI is InChI=1S/C8H8BrClO2S/c1-2-12-8(11)7(10)6-3-5(9)4-13-6/h3-4,7H,2H2,1H3. The number of thiophene rings is 1. The molecule has 0 N–H and O–H groups in total. The molecule has 0 aliphatic carbocycles. The number of hydrogen-bond acceptors (Lipinski definition) is 3. The van der Waals surface area contributed by atoms with Crippen molar-refractivity contribution in [2.45, 2.75) is 12.3 Å². The van der Waals surface area contributed by atoms with Crippen LogP contribution in [0.4, 0.5) is 0 Å². The largest absolute Gasteiger partial charge is 0.465 e. The molecule has 1 heterocycles. The van der Waals surface area contributed by atoms with Crippen LogP contribution in [-0.2, 0) is 9.53 Å². The average molecular weight is 284 g/mol. The van der Waals surface area contributed by atoms with Gasteiger partial charge in [-0.2, -0.15) is 0 Å². The second-order valence-corrected chi connectivity index (χ2v) is 4.58. The predicted molar refractivity (Wildman–Crippen MR) is 57.2 cm³/mol. The second-order valence-electron chi connectivity index (χ2n) is 2.28. The van der Waals surface area contributed by atoms with Crippen molar-refractivity contribution in [1.82, 2.24) is 0 Å². The summed E-state index contributed by atoms with van der Waals surface area (Å²) in [7, 11) is 0. The van der Waals surface area contributed by atoms with Crippen molar-refractivity contribution < 1.29 is 9.53 Å². The second kappa shape index (κ2) is 4.98. The van der Waals surface area contributed by atoms with Crippen LogP contribution >= 0.6 is 38.9 Å². The molecule has 0 aliphatic heterocycles. The van der Waals surface area contributed by atoms with Crippen molar-refractivity contribution in [3.8, 4) is 0 Å². The maximum absolute atomic E-state index is 11.2. The van der Waals surface area contributed by atoms with Gasteiger partial charge in [0.15, 0.2) is 5.38 Å². The van der Waals surface area contributed by atoms with Gasteiger partial charge in [-0.3, -0.25) is 4.79 Å². The Hall–Kier alpha value is -0.0600. The van der Waals surface area contributed by atoms with Gasteiger partial charge in [0, 0.05) is 14.7 Å². The monoisotopic (exact) mass is 282 g/mol. The van der Waals surface area contributed by atoms with Gasteiger partial charge >= 0.3 is 5.97 Å². The number of alkyl halides is 1. The fraction of sp³-hybridized carbons (Fsp3) is 0.375. The molecule has 0 amide bonds. The SMILES string of the molecule is CCOC(=O)C(Cl)c1cc(Br)cs1. The smallest absolute Gasteiger partial charge is 0.329 e. The highest BCUT2D eigenvalue weighted by Crippen LogP contribution is 2.30. The summed E-state index contributed by atoms with van der Waals surface area (Å²) in [4.78, 5) is 12.0. The summed E-state index contributed by atoms with van der Waals surface area (Å²) in [6.45, 7) is 2.11. The van der Waals surface area contributed by atoms with Gasteiger partial charge in [0.05, 0.1) is 6.61 Å². The summed E-state index contributed by atoms with van der Waals surface area (Å²) in [6, 6.07) is 1.82. The molecule has 0 radical (unpaired) electrons. The van der Waals surface area contributed by atoms with E-state index in [-0.39, 0.29) is 0 Å². The molecule has 0 aliphatic rings. The van der Waals surface area contributed by atoms with E-state index in [0.29, 0.717) is 6.61 Å². The Kier molecular flexibility index (Phi) is 4.22. The van der Waals surface area contributed by atoms with Gasteiger partial charge < -0.3 is 4.74 Å². The van der Waals surface area contributed by atoms with Gasteiger partial charge in [0.25, 0.3) is 0 Å². The van der Waals surface area contributed by atoms with Crippen molar-refractivity contribution in [2.75, 3.05) is 6.61 Å². The molecule has 1 aromatic rings. The lowest BCUT2D eigenvalue weighted by Gasteiger charge is -2.05. The van der Waals surface area contributed by atoms with E-state index in [0.717, 1.165) is 9.35 Å². The summed E-state index contributed by atoms with van der Waals surface area (Å²) in [6.07, 6.45) is 0. The first kappa shape index (κ1) is 11.0. The lowest BCUT2D eigenvalue weighted by Crippen LogP contribution is -2.09. The number of hydrogen-bond donors (Lipinski definition) is 0. The van der Waals surface area contributed by atoms with Gasteiger partial charge in [-0.15, -0.1) is 22.9 Å². The first-order valence-corrected chi connectivity index (χ1v) is 5.80. The number of esters is 1. The maximum atomic E-state index is 11.2. The quantitative estimate of drug-likeness (QED) is 0.628. The molecule has 0 fully saturated rings. The fourth-order valence-electron chi connectivity index (χ4n) is 0.793. The number of rotatable bonds is 3. The molecule has 1 rings (SSSR count). The molecule has 1 aromatic heterocycles. The van der Waals surface area contributed by atoms with Crippen LogP contribution in [0.25, 0.3) is 0 Å². The first-order chi connectivity index (χ1) is 6.15. The van der Waals surface area contributed by atoms with E-state index in [1.165, 1.54) is 11.3 Å². The molecule has 0 saturated carbocycles. The van der Waals surface area contributed by atoms with Gasteiger partial charge in [-0.05, 0) is 28.9 Å². The van der Waals surface area contributed by atoms with E-state index < -0.39 is 11.3 Å². The Morgan fingerprint density at radius 2 is 2.54 bits per heavy atom. The average Bonchev–Trinajstić information content (AvgIpc) is 2.51. The minimum Gasteiger partial charge on any atom is -0.465 e. The zero-order valence-corrected chi connectivity index (χ0v) is 10.1. The molecule has 13 heavy (non-hydrogen) atoms. The van der Waals surface area contributed by atoms with Gasteiger partial charge in [0.1, 0.15) is 0 Å². The Balaban J connectivity index is 2.67. The third-order valence-corrected chi connectivity index (χ3v) is 3.63. The number of carbonyl (C=O) groups is 1. The Morgan fingerprint density at radius 3 is 3.00 bits per heavy atom. The Bertz CT molecular complexity index is 300. The van der Waals surface area contributed by atoms with E-state index in [2.05, 4.69) is 15.9 Å². The lowest BCUT2D eigenvalue weighted by atomic mass is 10.3. The van der Waals surface area contributed by atoms with Crippen LogP contribution in [0, 0.1) is 0 Å². The van der Waals surface area contributed by atoms with E-state index in [9.17, 15) is 4.79 Å². The summed E-state index contributed by atoms with van der Waals surface area (Å²) in [5.74, 6) is -0.390. The van der Waals surface area contributed by atoms with Crippen LogP contribution in [0.2, 0.25) is 0 Å². The lowest BCUT2D eigenvalue weighted by molar-refractivity contribution is -0.142. The number of ether oxygens (including phenoxy) is 1. The first-order valence-electron chi connectivity index (χ1n) is 3.69. The normalized spacial score (nSPS) is 12.5. The molecule has 2 nitrogen and oxygen atoms in total. The molecular formula is C8H8BrClO2S. The van der Waals surface area contributed by atoms with Crippen molar-refractivity contribution in [2.24, 2.45) is 0 Å². The van der Waals surface area contributed by atoms with E-state index in [4.69, 9.17) is 16.3 Å². The fourth-order valence-corrected chi connectivity index (χ4v) is 2.48. The van der Waals surface area contributed by atoms with E-state index in [1.807, 2.05) is 11.4 Å². The topological polar surface area (TPSA) is 26.3 Å². The third-order valence-electron chi connectivity index (χ3n) is 1.33. The van der Waals surface area contributed by atoms with Gasteiger partial charge in [-0.25, -0.2) is 0 Å². The minimum atomic E-state index is -0.684. The highest BCUT2D eigenvalue weighted by atomic mass is 79.9. The molecule has 0 saturated heterocycles. The summed E-state index contributed by atoms with van der Waals surface area (Å²) in [5.41, 5.74) is 0. The maximum Gasteiger partial charge on any atom is 0.329 e. The van der Waals surface area contributed by atoms with Crippen LogP contribution in [0.3, 0.4) is 0 Å². The van der Waals surface area contributed by atoms with Gasteiger partial charge in [0.2, 0.25) is 0 Å². The third kappa shape index (κ3) is 2.97. The van der Waals surface area contributed by atoms with Crippen molar-refractivity contribution in [1.29, 1.82) is 0 Å². The summed E-state index contributed by atoms with van der Waals surface area (Å²) in [5, 5.41) is 1.19. The molecule has 72 valence electrons. The van der Waals surface area contributed by atoms with Crippen molar-refractivity contribution in [3.63, 3.8) is 0 Å².